The molecular formula is C17H15F3N4. The molecule has 0 aliphatic rings. The van der Waals surface area contributed by atoms with E-state index in [4.69, 9.17) is 5.73 Å². The second-order valence-electron chi connectivity index (χ2n) is 5.42. The molecule has 1 aromatic heterocycles. The highest BCUT2D eigenvalue weighted by Gasteiger charge is 2.30. The number of nitrogens with one attached hydrogen (secondary N) is 1. The summed E-state index contributed by atoms with van der Waals surface area (Å²) in [5.74, 6) is 0.816. The van der Waals surface area contributed by atoms with Crippen molar-refractivity contribution in [3.63, 3.8) is 0 Å². The number of alkyl halides is 3. The van der Waals surface area contributed by atoms with E-state index in [1.807, 2.05) is 30.3 Å². The Morgan fingerprint density at radius 1 is 1.00 bits per heavy atom. The van der Waals surface area contributed by atoms with Crippen LogP contribution in [0.4, 0.5) is 13.2 Å². The number of aromatic amines is 1. The van der Waals surface area contributed by atoms with Crippen molar-refractivity contribution < 1.29 is 13.2 Å². The van der Waals surface area contributed by atoms with Gasteiger partial charge in [0.05, 0.1) is 11.6 Å². The number of rotatable bonds is 4. The molecule has 0 aliphatic carbocycles. The van der Waals surface area contributed by atoms with Crippen molar-refractivity contribution in [2.75, 3.05) is 0 Å². The van der Waals surface area contributed by atoms with Gasteiger partial charge in [0.1, 0.15) is 5.82 Å². The quantitative estimate of drug-likeness (QED) is 0.765. The molecule has 3 N–H and O–H groups in total. The van der Waals surface area contributed by atoms with Crippen LogP contribution < -0.4 is 5.73 Å². The van der Waals surface area contributed by atoms with Crippen LogP contribution in [-0.4, -0.2) is 15.2 Å². The maximum atomic E-state index is 12.6. The SMILES string of the molecule is NC(Cc1ccccc1)c1nc(-c2ccc(C(F)(F)F)cc2)n[nH]1. The first-order valence-corrected chi connectivity index (χ1v) is 7.33. The van der Waals surface area contributed by atoms with E-state index < -0.39 is 11.7 Å². The Labute approximate surface area is 136 Å². The summed E-state index contributed by atoms with van der Waals surface area (Å²) in [6, 6.07) is 14.0. The second-order valence-corrected chi connectivity index (χ2v) is 5.42. The standard InChI is InChI=1S/C17H15F3N4/c18-17(19,20)13-8-6-12(7-9-13)15-22-16(24-23-15)14(21)10-11-4-2-1-3-5-11/h1-9,14H,10,21H2,(H,22,23,24). The lowest BCUT2D eigenvalue weighted by atomic mass is 10.1. The number of nitrogens with two attached hydrogens (primary N) is 1. The van der Waals surface area contributed by atoms with Gasteiger partial charge in [0.25, 0.3) is 0 Å². The van der Waals surface area contributed by atoms with E-state index in [9.17, 15) is 13.2 Å². The minimum absolute atomic E-state index is 0.322. The molecule has 3 rings (SSSR count). The molecule has 1 heterocycles. The fourth-order valence-electron chi connectivity index (χ4n) is 2.34. The normalized spacial score (nSPS) is 13.0. The molecule has 0 aliphatic heterocycles. The van der Waals surface area contributed by atoms with Gasteiger partial charge in [-0.2, -0.15) is 18.3 Å². The molecule has 0 amide bonds. The van der Waals surface area contributed by atoms with Crippen molar-refractivity contribution in [2.45, 2.75) is 18.6 Å². The highest BCUT2D eigenvalue weighted by Crippen LogP contribution is 2.30. The van der Waals surface area contributed by atoms with Crippen LogP contribution >= 0.6 is 0 Å². The summed E-state index contributed by atoms with van der Waals surface area (Å²) in [5.41, 5.74) is 6.98. The number of nitrogens with zero attached hydrogens (tertiary/aromatic N) is 2. The first-order chi connectivity index (χ1) is 11.4. The Bertz CT molecular complexity index is 795. The molecule has 0 saturated carbocycles. The largest absolute Gasteiger partial charge is 0.416 e. The molecular weight excluding hydrogens is 317 g/mol. The lowest BCUT2D eigenvalue weighted by Gasteiger charge is -2.08. The van der Waals surface area contributed by atoms with E-state index in [0.29, 0.717) is 23.6 Å². The maximum Gasteiger partial charge on any atom is 0.416 e. The van der Waals surface area contributed by atoms with E-state index in [-0.39, 0.29) is 6.04 Å². The maximum absolute atomic E-state index is 12.6. The third-order valence-electron chi connectivity index (χ3n) is 3.62. The van der Waals surface area contributed by atoms with E-state index in [1.165, 1.54) is 12.1 Å². The monoisotopic (exact) mass is 332 g/mol. The zero-order valence-corrected chi connectivity index (χ0v) is 12.6. The van der Waals surface area contributed by atoms with Crippen LogP contribution in [0.2, 0.25) is 0 Å². The molecule has 0 radical (unpaired) electrons. The molecule has 1 unspecified atom stereocenters. The van der Waals surface area contributed by atoms with Gasteiger partial charge in [0, 0.05) is 5.56 Å². The van der Waals surface area contributed by atoms with E-state index in [2.05, 4.69) is 15.2 Å². The topological polar surface area (TPSA) is 67.6 Å². The molecule has 124 valence electrons. The fourth-order valence-corrected chi connectivity index (χ4v) is 2.34. The number of H-pyrrole nitrogens is 1. The molecule has 0 bridgehead atoms. The van der Waals surface area contributed by atoms with Gasteiger partial charge in [-0.1, -0.05) is 42.5 Å². The lowest BCUT2D eigenvalue weighted by molar-refractivity contribution is -0.137. The summed E-state index contributed by atoms with van der Waals surface area (Å²) in [6.07, 6.45) is -3.77. The van der Waals surface area contributed by atoms with Gasteiger partial charge >= 0.3 is 6.18 Å². The van der Waals surface area contributed by atoms with E-state index in [1.54, 1.807) is 0 Å². The second kappa shape index (κ2) is 6.45. The summed E-state index contributed by atoms with van der Waals surface area (Å²) < 4.78 is 37.8. The van der Waals surface area contributed by atoms with E-state index >= 15 is 0 Å². The smallest absolute Gasteiger partial charge is 0.321 e. The summed E-state index contributed by atoms with van der Waals surface area (Å²) in [6.45, 7) is 0. The third-order valence-corrected chi connectivity index (χ3v) is 3.62. The zero-order valence-electron chi connectivity index (χ0n) is 12.6. The minimum Gasteiger partial charge on any atom is -0.321 e. The summed E-state index contributed by atoms with van der Waals surface area (Å²) in [4.78, 5) is 4.30. The van der Waals surface area contributed by atoms with Crippen LogP contribution in [0, 0.1) is 0 Å². The molecule has 0 saturated heterocycles. The highest BCUT2D eigenvalue weighted by molar-refractivity contribution is 5.55. The number of benzene rings is 2. The first kappa shape index (κ1) is 16.2. The van der Waals surface area contributed by atoms with Gasteiger partial charge in [0.15, 0.2) is 5.82 Å². The summed E-state index contributed by atoms with van der Waals surface area (Å²) in [5, 5.41) is 6.80. The Kier molecular flexibility index (Phi) is 4.35. The van der Waals surface area contributed by atoms with E-state index in [0.717, 1.165) is 17.7 Å². The van der Waals surface area contributed by atoms with Crippen molar-refractivity contribution in [1.29, 1.82) is 0 Å². The van der Waals surface area contributed by atoms with Crippen LogP contribution in [0.5, 0.6) is 0 Å². The number of hydrogen-bond acceptors (Lipinski definition) is 3. The predicted octanol–water partition coefficient (Wildman–Crippen LogP) is 3.73. The van der Waals surface area contributed by atoms with Gasteiger partial charge in [-0.05, 0) is 24.1 Å². The van der Waals surface area contributed by atoms with Crippen molar-refractivity contribution in [3.8, 4) is 11.4 Å². The van der Waals surface area contributed by atoms with Gasteiger partial charge < -0.3 is 5.73 Å². The third kappa shape index (κ3) is 3.62. The molecule has 7 heteroatoms. The average Bonchev–Trinajstić information content (AvgIpc) is 3.05. The highest BCUT2D eigenvalue weighted by atomic mass is 19.4. The van der Waals surface area contributed by atoms with Gasteiger partial charge in [0.2, 0.25) is 0 Å². The number of halogens is 3. The Hall–Kier alpha value is -2.67. The van der Waals surface area contributed by atoms with Crippen LogP contribution in [0.1, 0.15) is 23.0 Å². The Balaban J connectivity index is 1.75. The number of hydrogen-bond donors (Lipinski definition) is 2. The van der Waals surface area contributed by atoms with Gasteiger partial charge in [-0.25, -0.2) is 4.98 Å². The zero-order chi connectivity index (χ0) is 17.2. The van der Waals surface area contributed by atoms with Crippen LogP contribution in [0.15, 0.2) is 54.6 Å². The fraction of sp³-hybridized carbons (Fsp3) is 0.176. The van der Waals surface area contributed by atoms with Crippen molar-refractivity contribution in [2.24, 2.45) is 5.73 Å². The van der Waals surface area contributed by atoms with Gasteiger partial charge in [-0.15, -0.1) is 0 Å². The Morgan fingerprint density at radius 2 is 1.67 bits per heavy atom. The minimum atomic E-state index is -4.36. The van der Waals surface area contributed by atoms with Crippen molar-refractivity contribution in [1.82, 2.24) is 15.2 Å². The first-order valence-electron chi connectivity index (χ1n) is 7.33. The molecule has 24 heavy (non-hydrogen) atoms. The molecule has 2 aromatic carbocycles. The number of aromatic nitrogens is 3. The molecule has 4 nitrogen and oxygen atoms in total. The lowest BCUT2D eigenvalue weighted by Crippen LogP contribution is -2.15. The van der Waals surface area contributed by atoms with Crippen molar-refractivity contribution in [3.05, 3.63) is 71.5 Å². The van der Waals surface area contributed by atoms with Crippen LogP contribution in [-0.2, 0) is 12.6 Å². The van der Waals surface area contributed by atoms with Crippen LogP contribution in [0.3, 0.4) is 0 Å². The molecule has 0 spiro atoms. The average molecular weight is 332 g/mol. The van der Waals surface area contributed by atoms with Crippen LogP contribution in [0.25, 0.3) is 11.4 Å². The molecule has 0 fully saturated rings. The summed E-state index contributed by atoms with van der Waals surface area (Å²) in [7, 11) is 0. The van der Waals surface area contributed by atoms with Crippen molar-refractivity contribution >= 4 is 0 Å². The molecule has 3 aromatic rings. The summed E-state index contributed by atoms with van der Waals surface area (Å²) >= 11 is 0. The molecule has 1 atom stereocenters. The predicted molar refractivity (Wildman–Crippen MR) is 83.9 cm³/mol. The van der Waals surface area contributed by atoms with Gasteiger partial charge in [-0.3, -0.25) is 5.10 Å². The Morgan fingerprint density at radius 3 is 2.29 bits per heavy atom.